The molecule has 0 spiro atoms. The first kappa shape index (κ1) is 38.1. The van der Waals surface area contributed by atoms with E-state index in [9.17, 15) is 9.46 Å². The van der Waals surface area contributed by atoms with E-state index >= 15 is 0 Å². The molecular weight excluding hydrogens is 489 g/mol. The zero-order valence-corrected chi connectivity index (χ0v) is 27.3. The van der Waals surface area contributed by atoms with Crippen molar-refractivity contribution in [3.63, 3.8) is 0 Å². The average molecular weight is 560 g/mol. The van der Waals surface area contributed by atoms with Gasteiger partial charge in [0.2, 0.25) is 0 Å². The van der Waals surface area contributed by atoms with E-state index in [-0.39, 0.29) is 0 Å². The fourth-order valence-corrected chi connectivity index (χ4v) is 6.57. The van der Waals surface area contributed by atoms with Crippen LogP contribution >= 0.6 is 7.75 Å². The monoisotopic (exact) mass is 560 g/mol. The predicted octanol–water partition coefficient (Wildman–Crippen LogP) is 12.0. The number of hydrogen-bond donors (Lipinski definition) is 1. The van der Waals surface area contributed by atoms with Gasteiger partial charge in [-0.2, -0.15) is 0 Å². The normalized spacial score (nSPS) is 13.4. The Morgan fingerprint density at radius 1 is 0.447 bits per heavy atom. The largest absolute Gasteiger partial charge is 0.405 e. The number of rotatable bonds is 32. The van der Waals surface area contributed by atoms with Gasteiger partial charge in [-0.05, 0) is 19.3 Å². The van der Waals surface area contributed by atoms with E-state index in [1.54, 1.807) is 4.67 Å². The maximum atomic E-state index is 13.1. The molecule has 0 aliphatic heterocycles. The van der Waals surface area contributed by atoms with E-state index in [4.69, 9.17) is 4.52 Å². The molecule has 0 radical (unpaired) electrons. The summed E-state index contributed by atoms with van der Waals surface area (Å²) in [7, 11) is -3.68. The second-order valence-electron chi connectivity index (χ2n) is 11.8. The van der Waals surface area contributed by atoms with Crippen LogP contribution in [0.4, 0.5) is 0 Å². The van der Waals surface area contributed by atoms with E-state index in [2.05, 4.69) is 20.8 Å². The first-order chi connectivity index (χ1) is 18.6. The van der Waals surface area contributed by atoms with Crippen LogP contribution in [0.25, 0.3) is 0 Å². The lowest BCUT2D eigenvalue weighted by Gasteiger charge is -2.26. The maximum absolute atomic E-state index is 13.1. The van der Waals surface area contributed by atoms with Gasteiger partial charge in [-0.3, -0.25) is 4.52 Å². The van der Waals surface area contributed by atoms with Gasteiger partial charge in [0, 0.05) is 13.1 Å². The quantitative estimate of drug-likeness (QED) is 0.0657. The number of hydrogen-bond acceptors (Lipinski definition) is 2. The molecule has 1 atom stereocenters. The highest BCUT2D eigenvalue weighted by Crippen LogP contribution is 2.47. The summed E-state index contributed by atoms with van der Waals surface area (Å²) in [6, 6.07) is 0. The highest BCUT2D eigenvalue weighted by Gasteiger charge is 2.28. The first-order valence-corrected chi connectivity index (χ1v) is 18.8. The smallest absolute Gasteiger partial charge is 0.312 e. The lowest BCUT2D eigenvalue weighted by atomic mass is 10.1. The minimum absolute atomic E-state index is 0.407. The van der Waals surface area contributed by atoms with Crippen molar-refractivity contribution in [2.24, 2.45) is 0 Å². The van der Waals surface area contributed by atoms with Crippen molar-refractivity contribution in [3.05, 3.63) is 0 Å². The van der Waals surface area contributed by atoms with Gasteiger partial charge in [0.05, 0.1) is 6.61 Å². The molecule has 1 unspecified atom stereocenters. The Hall–Kier alpha value is 0.110. The van der Waals surface area contributed by atoms with Crippen molar-refractivity contribution in [2.75, 3.05) is 19.7 Å². The van der Waals surface area contributed by atoms with Crippen LogP contribution in [0.15, 0.2) is 0 Å². The van der Waals surface area contributed by atoms with Crippen LogP contribution in [0.1, 0.15) is 194 Å². The molecule has 0 saturated heterocycles. The van der Waals surface area contributed by atoms with Crippen molar-refractivity contribution in [1.29, 1.82) is 0 Å². The fraction of sp³-hybridized carbons (Fsp3) is 1.00. The van der Waals surface area contributed by atoms with Gasteiger partial charge in [0.15, 0.2) is 0 Å². The fourth-order valence-electron chi connectivity index (χ4n) is 5.25. The van der Waals surface area contributed by atoms with Crippen LogP contribution in [0.2, 0.25) is 0 Å². The Bertz CT molecular complexity index is 477. The molecule has 0 aliphatic rings. The molecule has 0 fully saturated rings. The van der Waals surface area contributed by atoms with E-state index in [0.717, 1.165) is 38.5 Å². The zero-order chi connectivity index (χ0) is 28.0. The van der Waals surface area contributed by atoms with Gasteiger partial charge in [-0.15, -0.1) is 0 Å². The molecule has 0 aromatic heterocycles. The molecule has 1 N–H and O–H groups in total. The van der Waals surface area contributed by atoms with Crippen molar-refractivity contribution in [1.82, 2.24) is 4.67 Å². The topological polar surface area (TPSA) is 49.8 Å². The molecule has 4 nitrogen and oxygen atoms in total. The molecule has 38 heavy (non-hydrogen) atoms. The summed E-state index contributed by atoms with van der Waals surface area (Å²) in [6.07, 6.45) is 34.2. The van der Waals surface area contributed by atoms with E-state index in [1.807, 2.05) is 0 Å². The number of nitrogens with zero attached hydrogens (tertiary/aromatic N) is 1. The van der Waals surface area contributed by atoms with Gasteiger partial charge in [-0.25, -0.2) is 9.24 Å². The molecule has 0 aromatic rings. The molecule has 0 heterocycles. The van der Waals surface area contributed by atoms with Crippen LogP contribution < -0.4 is 0 Å². The molecule has 0 saturated carbocycles. The van der Waals surface area contributed by atoms with Gasteiger partial charge >= 0.3 is 7.75 Å². The summed E-state index contributed by atoms with van der Waals surface area (Å²) >= 11 is 0. The third-order valence-corrected chi connectivity index (χ3v) is 9.54. The van der Waals surface area contributed by atoms with E-state index in [1.165, 1.54) is 135 Å². The summed E-state index contributed by atoms with van der Waals surface area (Å²) in [5.74, 6) is 0. The molecule has 0 rings (SSSR count). The van der Waals surface area contributed by atoms with E-state index < -0.39 is 7.75 Å². The van der Waals surface area contributed by atoms with Gasteiger partial charge in [0.25, 0.3) is 0 Å². The third-order valence-electron chi connectivity index (χ3n) is 7.90. The van der Waals surface area contributed by atoms with E-state index in [0.29, 0.717) is 19.7 Å². The Balaban J connectivity index is 4.17. The predicted molar refractivity (Wildman–Crippen MR) is 169 cm³/mol. The molecule has 0 amide bonds. The Morgan fingerprint density at radius 3 is 1.03 bits per heavy atom. The van der Waals surface area contributed by atoms with Crippen molar-refractivity contribution < 1.29 is 14.0 Å². The second-order valence-corrected chi connectivity index (χ2v) is 13.6. The molecule has 230 valence electrons. The lowest BCUT2D eigenvalue weighted by molar-refractivity contribution is 0.194. The minimum Gasteiger partial charge on any atom is -0.312 e. The highest BCUT2D eigenvalue weighted by molar-refractivity contribution is 7.50. The Labute approximate surface area is 240 Å². The highest BCUT2D eigenvalue weighted by atomic mass is 31.2. The average Bonchev–Trinajstić information content (AvgIpc) is 2.91. The summed E-state index contributed by atoms with van der Waals surface area (Å²) < 4.78 is 20.5. The standard InChI is InChI=1S/C33H70NO3P/c1-4-7-10-13-15-17-19-21-23-25-28-31-34(38(35,36)37-33-30-27-12-9-6-3)32-29-26-24-22-20-18-16-14-11-8-5-2/h4-33H2,1-3H3,(H,35,36). The Morgan fingerprint density at radius 2 is 0.711 bits per heavy atom. The lowest BCUT2D eigenvalue weighted by Crippen LogP contribution is -2.24. The summed E-state index contributed by atoms with van der Waals surface area (Å²) in [4.78, 5) is 10.8. The number of unbranched alkanes of at least 4 members (excludes halogenated alkanes) is 24. The van der Waals surface area contributed by atoms with Crippen molar-refractivity contribution in [2.45, 2.75) is 194 Å². The second kappa shape index (κ2) is 30.1. The van der Waals surface area contributed by atoms with Gasteiger partial charge in [-0.1, -0.05) is 175 Å². The first-order valence-electron chi connectivity index (χ1n) is 17.3. The van der Waals surface area contributed by atoms with Crippen LogP contribution in [0.5, 0.6) is 0 Å². The summed E-state index contributed by atoms with van der Waals surface area (Å²) in [5, 5.41) is 0. The van der Waals surface area contributed by atoms with Crippen molar-refractivity contribution >= 4 is 7.75 Å². The van der Waals surface area contributed by atoms with Crippen molar-refractivity contribution in [3.8, 4) is 0 Å². The zero-order valence-electron chi connectivity index (χ0n) is 26.4. The van der Waals surface area contributed by atoms with Crippen LogP contribution in [-0.4, -0.2) is 29.3 Å². The van der Waals surface area contributed by atoms with Crippen LogP contribution in [0, 0.1) is 0 Å². The summed E-state index contributed by atoms with van der Waals surface area (Å²) in [6.45, 7) is 8.55. The van der Waals surface area contributed by atoms with Crippen LogP contribution in [-0.2, 0) is 9.09 Å². The summed E-state index contributed by atoms with van der Waals surface area (Å²) in [5.41, 5.74) is 0. The SMILES string of the molecule is CCCCCCCCCCCCCN(CCCCCCCCCCCCC)P(=O)(O)OCCCCCCC. The van der Waals surface area contributed by atoms with Gasteiger partial charge in [0.1, 0.15) is 0 Å². The minimum atomic E-state index is -3.68. The molecule has 0 aromatic carbocycles. The van der Waals surface area contributed by atoms with Crippen LogP contribution in [0.3, 0.4) is 0 Å². The Kier molecular flexibility index (Phi) is 30.2. The molecule has 0 aliphatic carbocycles. The maximum Gasteiger partial charge on any atom is 0.405 e. The molecule has 0 bridgehead atoms. The molecule has 5 heteroatoms. The molecular formula is C33H70NO3P. The van der Waals surface area contributed by atoms with Gasteiger partial charge < -0.3 is 4.89 Å². The third kappa shape index (κ3) is 26.3.